The summed E-state index contributed by atoms with van der Waals surface area (Å²) in [5.41, 5.74) is 1.13. The number of anilines is 1. The van der Waals surface area contributed by atoms with Gasteiger partial charge in [0.1, 0.15) is 5.82 Å². The van der Waals surface area contributed by atoms with Gasteiger partial charge in [-0.05, 0) is 0 Å². The van der Waals surface area contributed by atoms with Crippen molar-refractivity contribution in [3.63, 3.8) is 0 Å². The number of aromatic amines is 1. The largest absolute Gasteiger partial charge is 0.360 e. The first-order valence-electron chi connectivity index (χ1n) is 5.30. The topological polar surface area (TPSA) is 66.5 Å². The Morgan fingerprint density at radius 1 is 1.50 bits per heavy atom. The maximum atomic E-state index is 4.40. The molecule has 0 saturated carbocycles. The Hall–Kier alpha value is -1.43. The Balaban J connectivity index is 1.81. The third kappa shape index (κ3) is 2.79. The zero-order valence-corrected chi connectivity index (χ0v) is 10.2. The Bertz CT molecular complexity index is 420. The third-order valence-electron chi connectivity index (χ3n) is 2.18. The fraction of sp³-hybridized carbons (Fsp3) is 0.500. The van der Waals surface area contributed by atoms with Gasteiger partial charge in [0.25, 0.3) is 0 Å². The number of imidazole rings is 1. The first-order chi connectivity index (χ1) is 7.75. The van der Waals surface area contributed by atoms with Crippen molar-refractivity contribution < 1.29 is 0 Å². The standard InChI is InChI=1S/C10H15N5S/c1-7(2)9-14-10(16-15-9)12-4-3-8-5-11-6-13-8/h5-7H,3-4H2,1-2H3,(H,11,13)(H,12,14,15). The Labute approximate surface area is 98.5 Å². The minimum absolute atomic E-state index is 0.388. The highest BCUT2D eigenvalue weighted by molar-refractivity contribution is 7.09. The molecule has 0 unspecified atom stereocenters. The second-order valence-corrected chi connectivity index (χ2v) is 4.62. The second-order valence-electron chi connectivity index (χ2n) is 3.87. The molecule has 2 aromatic heterocycles. The number of aromatic nitrogens is 4. The molecule has 0 bridgehead atoms. The van der Waals surface area contributed by atoms with Gasteiger partial charge in [-0.15, -0.1) is 0 Å². The molecule has 0 radical (unpaired) electrons. The highest BCUT2D eigenvalue weighted by atomic mass is 32.1. The molecule has 0 spiro atoms. The third-order valence-corrected chi connectivity index (χ3v) is 2.87. The summed E-state index contributed by atoms with van der Waals surface area (Å²) in [6.07, 6.45) is 4.44. The molecule has 0 atom stereocenters. The van der Waals surface area contributed by atoms with Gasteiger partial charge in [0.15, 0.2) is 0 Å². The van der Waals surface area contributed by atoms with Gasteiger partial charge >= 0.3 is 0 Å². The van der Waals surface area contributed by atoms with Crippen LogP contribution in [0.2, 0.25) is 0 Å². The van der Waals surface area contributed by atoms with Gasteiger partial charge in [-0.1, -0.05) is 13.8 Å². The summed E-state index contributed by atoms with van der Waals surface area (Å²) in [5, 5.41) is 4.15. The van der Waals surface area contributed by atoms with Crippen LogP contribution in [-0.2, 0) is 6.42 Å². The second kappa shape index (κ2) is 5.07. The van der Waals surface area contributed by atoms with E-state index >= 15 is 0 Å². The van der Waals surface area contributed by atoms with Gasteiger partial charge in [0.2, 0.25) is 5.13 Å². The predicted molar refractivity (Wildman–Crippen MR) is 64.8 cm³/mol. The molecule has 86 valence electrons. The van der Waals surface area contributed by atoms with E-state index in [0.717, 1.165) is 29.6 Å². The minimum atomic E-state index is 0.388. The first-order valence-corrected chi connectivity index (χ1v) is 6.08. The molecule has 5 nitrogen and oxygen atoms in total. The molecular formula is C10H15N5S. The molecule has 6 heteroatoms. The van der Waals surface area contributed by atoms with Crippen LogP contribution in [0.15, 0.2) is 12.5 Å². The van der Waals surface area contributed by atoms with Gasteiger partial charge in [-0.2, -0.15) is 4.37 Å². The van der Waals surface area contributed by atoms with Crippen LogP contribution in [-0.4, -0.2) is 25.9 Å². The van der Waals surface area contributed by atoms with Gasteiger partial charge in [0.05, 0.1) is 6.33 Å². The zero-order valence-electron chi connectivity index (χ0n) is 9.40. The summed E-state index contributed by atoms with van der Waals surface area (Å²) in [6, 6.07) is 0. The highest BCUT2D eigenvalue weighted by Gasteiger charge is 2.06. The van der Waals surface area contributed by atoms with E-state index in [9.17, 15) is 0 Å². The van der Waals surface area contributed by atoms with Crippen LogP contribution in [0.25, 0.3) is 0 Å². The van der Waals surface area contributed by atoms with Crippen LogP contribution in [0.4, 0.5) is 5.13 Å². The van der Waals surface area contributed by atoms with Gasteiger partial charge in [-0.3, -0.25) is 0 Å². The number of nitrogens with one attached hydrogen (secondary N) is 2. The van der Waals surface area contributed by atoms with Crippen molar-refractivity contribution in [2.75, 3.05) is 11.9 Å². The van der Waals surface area contributed by atoms with Crippen molar-refractivity contribution in [2.24, 2.45) is 0 Å². The van der Waals surface area contributed by atoms with Crippen molar-refractivity contribution in [3.8, 4) is 0 Å². The highest BCUT2D eigenvalue weighted by Crippen LogP contribution is 2.16. The minimum Gasteiger partial charge on any atom is -0.360 e. The van der Waals surface area contributed by atoms with Gasteiger partial charge in [-0.25, -0.2) is 9.97 Å². The summed E-state index contributed by atoms with van der Waals surface area (Å²) >= 11 is 1.42. The Morgan fingerprint density at radius 2 is 2.38 bits per heavy atom. The fourth-order valence-corrected chi connectivity index (χ4v) is 2.00. The van der Waals surface area contributed by atoms with Crippen molar-refractivity contribution in [3.05, 3.63) is 24.0 Å². The van der Waals surface area contributed by atoms with Gasteiger partial charge in [0, 0.05) is 42.3 Å². The lowest BCUT2D eigenvalue weighted by Gasteiger charge is -1.99. The Kier molecular flexibility index (Phi) is 3.51. The van der Waals surface area contributed by atoms with E-state index in [1.54, 1.807) is 6.33 Å². The molecule has 0 aliphatic carbocycles. The number of hydrogen-bond donors (Lipinski definition) is 2. The molecule has 0 amide bonds. The van der Waals surface area contributed by atoms with Crippen LogP contribution in [0.5, 0.6) is 0 Å². The summed E-state index contributed by atoms with van der Waals surface area (Å²) in [5.74, 6) is 1.30. The monoisotopic (exact) mass is 237 g/mol. The molecule has 0 aliphatic rings. The van der Waals surface area contributed by atoms with Crippen LogP contribution >= 0.6 is 11.5 Å². The van der Waals surface area contributed by atoms with Crippen molar-refractivity contribution in [1.29, 1.82) is 0 Å². The van der Waals surface area contributed by atoms with Crippen molar-refractivity contribution in [2.45, 2.75) is 26.2 Å². The smallest absolute Gasteiger partial charge is 0.202 e. The van der Waals surface area contributed by atoms with Crippen molar-refractivity contribution >= 4 is 16.7 Å². The maximum Gasteiger partial charge on any atom is 0.202 e. The summed E-state index contributed by atoms with van der Waals surface area (Å²) in [7, 11) is 0. The van der Waals surface area contributed by atoms with E-state index in [1.807, 2.05) is 6.20 Å². The van der Waals surface area contributed by atoms with E-state index in [2.05, 4.69) is 38.5 Å². The lowest BCUT2D eigenvalue weighted by molar-refractivity contribution is 0.798. The summed E-state index contributed by atoms with van der Waals surface area (Å²) in [4.78, 5) is 11.4. The Morgan fingerprint density at radius 3 is 3.00 bits per heavy atom. The van der Waals surface area contributed by atoms with Crippen LogP contribution in [0.3, 0.4) is 0 Å². The molecule has 0 aliphatic heterocycles. The average Bonchev–Trinajstić information content (AvgIpc) is 2.87. The number of hydrogen-bond acceptors (Lipinski definition) is 5. The molecule has 0 fully saturated rings. The van der Waals surface area contributed by atoms with E-state index in [0.29, 0.717) is 5.92 Å². The first kappa shape index (κ1) is 11.1. The molecule has 0 saturated heterocycles. The quantitative estimate of drug-likeness (QED) is 0.835. The van der Waals surface area contributed by atoms with Crippen LogP contribution < -0.4 is 5.32 Å². The zero-order chi connectivity index (χ0) is 11.4. The predicted octanol–water partition coefficient (Wildman–Crippen LogP) is 2.04. The van der Waals surface area contributed by atoms with Crippen LogP contribution in [0, 0.1) is 0 Å². The maximum absolute atomic E-state index is 4.40. The lowest BCUT2D eigenvalue weighted by Crippen LogP contribution is -2.04. The summed E-state index contributed by atoms with van der Waals surface area (Å²) in [6.45, 7) is 5.03. The molecule has 2 rings (SSSR count). The SMILES string of the molecule is CC(C)c1nsc(NCCc2cnc[nH]2)n1. The normalized spacial score (nSPS) is 10.9. The molecule has 2 N–H and O–H groups in total. The van der Waals surface area contributed by atoms with E-state index in [4.69, 9.17) is 0 Å². The average molecular weight is 237 g/mol. The lowest BCUT2D eigenvalue weighted by atomic mass is 10.2. The number of H-pyrrole nitrogens is 1. The van der Waals surface area contributed by atoms with E-state index < -0.39 is 0 Å². The molecule has 2 heterocycles. The van der Waals surface area contributed by atoms with E-state index in [1.165, 1.54) is 11.5 Å². The van der Waals surface area contributed by atoms with Crippen molar-refractivity contribution in [1.82, 2.24) is 19.3 Å². The van der Waals surface area contributed by atoms with Gasteiger partial charge < -0.3 is 10.3 Å². The molecular weight excluding hydrogens is 222 g/mol. The fourth-order valence-electron chi connectivity index (χ4n) is 1.27. The molecule has 0 aromatic carbocycles. The van der Waals surface area contributed by atoms with E-state index in [-0.39, 0.29) is 0 Å². The molecule has 2 aromatic rings. The summed E-state index contributed by atoms with van der Waals surface area (Å²) < 4.78 is 4.28. The molecule has 16 heavy (non-hydrogen) atoms. The van der Waals surface area contributed by atoms with Crippen LogP contribution in [0.1, 0.15) is 31.3 Å². The number of rotatable bonds is 5. The number of nitrogens with zero attached hydrogens (tertiary/aromatic N) is 3.